The molecule has 1 atom stereocenters. The minimum atomic E-state index is -1.06. The Morgan fingerprint density at radius 1 is 1.35 bits per heavy atom. The highest BCUT2D eigenvalue weighted by molar-refractivity contribution is 5.95. The number of rotatable bonds is 3. The number of nitrogens with zero attached hydrogens (tertiary/aromatic N) is 2. The van der Waals surface area contributed by atoms with Gasteiger partial charge in [-0.15, -0.1) is 0 Å². The number of aromatic nitrogens is 2. The molecule has 0 saturated heterocycles. The molecular weight excluding hydrogens is 258 g/mol. The van der Waals surface area contributed by atoms with Gasteiger partial charge in [0.25, 0.3) is 5.91 Å². The third kappa shape index (κ3) is 2.79. The van der Waals surface area contributed by atoms with Crippen molar-refractivity contribution < 1.29 is 14.7 Å². The standard InChI is InChI=1S/C14H17N3O3/c1-14(2,3)11(13(19)20)16-12(18)9-8-17-7-5-4-6-10(17)15-9/h4-8,11H,1-3H3,(H,16,18)(H,19,20)/t11-/m0/s1. The molecule has 2 N–H and O–H groups in total. The summed E-state index contributed by atoms with van der Waals surface area (Å²) in [7, 11) is 0. The minimum Gasteiger partial charge on any atom is -0.480 e. The predicted octanol–water partition coefficient (Wildman–Crippen LogP) is 1.56. The first-order chi connectivity index (χ1) is 9.29. The molecule has 2 aromatic rings. The first kappa shape index (κ1) is 14.0. The van der Waals surface area contributed by atoms with E-state index in [1.165, 1.54) is 0 Å². The van der Waals surface area contributed by atoms with E-state index in [2.05, 4.69) is 10.3 Å². The van der Waals surface area contributed by atoms with E-state index in [9.17, 15) is 14.7 Å². The van der Waals surface area contributed by atoms with E-state index >= 15 is 0 Å². The molecule has 6 nitrogen and oxygen atoms in total. The summed E-state index contributed by atoms with van der Waals surface area (Å²) in [5.74, 6) is -1.55. The summed E-state index contributed by atoms with van der Waals surface area (Å²) >= 11 is 0. The second-order valence-corrected chi connectivity index (χ2v) is 5.70. The Labute approximate surface area is 116 Å². The van der Waals surface area contributed by atoms with Crippen LogP contribution in [0, 0.1) is 5.41 Å². The molecular formula is C14H17N3O3. The molecule has 1 amide bonds. The lowest BCUT2D eigenvalue weighted by Crippen LogP contribution is -2.49. The van der Waals surface area contributed by atoms with Crippen LogP contribution >= 0.6 is 0 Å². The van der Waals surface area contributed by atoms with Crippen molar-refractivity contribution in [2.24, 2.45) is 5.41 Å². The van der Waals surface area contributed by atoms with Crippen molar-refractivity contribution in [2.45, 2.75) is 26.8 Å². The maximum atomic E-state index is 12.1. The van der Waals surface area contributed by atoms with E-state index in [1.807, 2.05) is 12.1 Å². The van der Waals surface area contributed by atoms with Crippen LogP contribution in [-0.4, -0.2) is 32.4 Å². The van der Waals surface area contributed by atoms with E-state index in [0.717, 1.165) is 0 Å². The number of carbonyl (C=O) groups excluding carboxylic acids is 1. The number of amides is 1. The number of hydrogen-bond acceptors (Lipinski definition) is 3. The molecule has 0 aliphatic heterocycles. The third-order valence-corrected chi connectivity index (χ3v) is 2.99. The van der Waals surface area contributed by atoms with Crippen molar-refractivity contribution in [1.29, 1.82) is 0 Å². The predicted molar refractivity (Wildman–Crippen MR) is 73.5 cm³/mol. The molecule has 0 aliphatic rings. The zero-order valence-corrected chi connectivity index (χ0v) is 11.6. The van der Waals surface area contributed by atoms with Gasteiger partial charge in [0.2, 0.25) is 0 Å². The Morgan fingerprint density at radius 3 is 2.60 bits per heavy atom. The normalized spacial score (nSPS) is 13.2. The van der Waals surface area contributed by atoms with Gasteiger partial charge in [-0.3, -0.25) is 4.79 Å². The maximum absolute atomic E-state index is 12.1. The van der Waals surface area contributed by atoms with Crippen LogP contribution in [-0.2, 0) is 4.79 Å². The van der Waals surface area contributed by atoms with Crippen LogP contribution < -0.4 is 5.32 Å². The summed E-state index contributed by atoms with van der Waals surface area (Å²) in [4.78, 5) is 27.5. The fourth-order valence-electron chi connectivity index (χ4n) is 1.90. The molecule has 0 aliphatic carbocycles. The van der Waals surface area contributed by atoms with Gasteiger partial charge in [-0.1, -0.05) is 26.8 Å². The van der Waals surface area contributed by atoms with Gasteiger partial charge >= 0.3 is 5.97 Å². The fraction of sp³-hybridized carbons (Fsp3) is 0.357. The van der Waals surface area contributed by atoms with Gasteiger partial charge in [-0.05, 0) is 17.5 Å². The van der Waals surface area contributed by atoms with Crippen LogP contribution in [0.4, 0.5) is 0 Å². The number of carbonyl (C=O) groups is 2. The number of nitrogens with one attached hydrogen (secondary N) is 1. The van der Waals surface area contributed by atoms with Crippen LogP contribution in [0.3, 0.4) is 0 Å². The molecule has 0 spiro atoms. The van der Waals surface area contributed by atoms with Gasteiger partial charge in [0.15, 0.2) is 0 Å². The number of aliphatic carboxylic acids is 1. The van der Waals surface area contributed by atoms with Gasteiger partial charge in [0, 0.05) is 12.4 Å². The largest absolute Gasteiger partial charge is 0.480 e. The smallest absolute Gasteiger partial charge is 0.326 e. The molecule has 0 aromatic carbocycles. The van der Waals surface area contributed by atoms with Crippen molar-refractivity contribution in [3.05, 3.63) is 36.3 Å². The molecule has 0 radical (unpaired) electrons. The third-order valence-electron chi connectivity index (χ3n) is 2.99. The zero-order valence-electron chi connectivity index (χ0n) is 11.6. The summed E-state index contributed by atoms with van der Waals surface area (Å²) in [6, 6.07) is 4.44. The molecule has 2 rings (SSSR count). The van der Waals surface area contributed by atoms with Crippen LogP contribution in [0.1, 0.15) is 31.3 Å². The molecule has 106 valence electrons. The SMILES string of the molecule is CC(C)(C)[C@@H](NC(=O)c1cn2ccccc2n1)C(=O)O. The molecule has 0 bridgehead atoms. The molecule has 2 aromatic heterocycles. The summed E-state index contributed by atoms with van der Waals surface area (Å²) < 4.78 is 1.71. The van der Waals surface area contributed by atoms with Crippen LogP contribution in [0.25, 0.3) is 5.65 Å². The highest BCUT2D eigenvalue weighted by Gasteiger charge is 2.33. The fourth-order valence-corrected chi connectivity index (χ4v) is 1.90. The van der Waals surface area contributed by atoms with Crippen LogP contribution in [0.5, 0.6) is 0 Å². The second-order valence-electron chi connectivity index (χ2n) is 5.70. The molecule has 6 heteroatoms. The Kier molecular flexibility index (Phi) is 3.48. The van der Waals surface area contributed by atoms with Gasteiger partial charge in [-0.25, -0.2) is 9.78 Å². The van der Waals surface area contributed by atoms with E-state index in [1.54, 1.807) is 43.6 Å². The first-order valence-electron chi connectivity index (χ1n) is 6.26. The van der Waals surface area contributed by atoms with E-state index < -0.39 is 23.3 Å². The number of hydrogen-bond donors (Lipinski definition) is 2. The Morgan fingerprint density at radius 2 is 2.05 bits per heavy atom. The van der Waals surface area contributed by atoms with Crippen molar-refractivity contribution in [1.82, 2.24) is 14.7 Å². The average molecular weight is 275 g/mol. The van der Waals surface area contributed by atoms with Gasteiger partial charge in [-0.2, -0.15) is 0 Å². The summed E-state index contributed by atoms with van der Waals surface area (Å²) in [6.45, 7) is 5.28. The number of pyridine rings is 1. The average Bonchev–Trinajstić information content (AvgIpc) is 2.77. The van der Waals surface area contributed by atoms with Gasteiger partial charge in [0.1, 0.15) is 17.4 Å². The Hall–Kier alpha value is -2.37. The topological polar surface area (TPSA) is 83.7 Å². The van der Waals surface area contributed by atoms with E-state index in [4.69, 9.17) is 0 Å². The zero-order chi connectivity index (χ0) is 14.9. The molecule has 2 heterocycles. The molecule has 20 heavy (non-hydrogen) atoms. The monoisotopic (exact) mass is 275 g/mol. The molecule has 0 fully saturated rings. The number of fused-ring (bicyclic) bond motifs is 1. The maximum Gasteiger partial charge on any atom is 0.326 e. The van der Waals surface area contributed by atoms with Crippen molar-refractivity contribution in [3.8, 4) is 0 Å². The van der Waals surface area contributed by atoms with E-state index in [-0.39, 0.29) is 5.69 Å². The number of carboxylic acids is 1. The Balaban J connectivity index is 2.24. The summed E-state index contributed by atoms with van der Waals surface area (Å²) in [6.07, 6.45) is 3.35. The summed E-state index contributed by atoms with van der Waals surface area (Å²) in [5, 5.41) is 11.7. The highest BCUT2D eigenvalue weighted by Crippen LogP contribution is 2.20. The lowest BCUT2D eigenvalue weighted by atomic mass is 9.87. The van der Waals surface area contributed by atoms with Gasteiger partial charge in [0.05, 0.1) is 0 Å². The van der Waals surface area contributed by atoms with Gasteiger partial charge < -0.3 is 14.8 Å². The lowest BCUT2D eigenvalue weighted by molar-refractivity contribution is -0.142. The lowest BCUT2D eigenvalue weighted by Gasteiger charge is -2.27. The van der Waals surface area contributed by atoms with Crippen LogP contribution in [0.2, 0.25) is 0 Å². The summed E-state index contributed by atoms with van der Waals surface area (Å²) in [5.41, 5.74) is 0.257. The van der Waals surface area contributed by atoms with Crippen molar-refractivity contribution in [2.75, 3.05) is 0 Å². The second kappa shape index (κ2) is 4.96. The quantitative estimate of drug-likeness (QED) is 0.890. The highest BCUT2D eigenvalue weighted by atomic mass is 16.4. The number of carboxylic acid groups (broad SMARTS) is 1. The van der Waals surface area contributed by atoms with E-state index in [0.29, 0.717) is 5.65 Å². The minimum absolute atomic E-state index is 0.201. The van der Waals surface area contributed by atoms with Crippen LogP contribution in [0.15, 0.2) is 30.6 Å². The molecule has 0 saturated carbocycles. The number of imidazole rings is 1. The molecule has 0 unspecified atom stereocenters. The van der Waals surface area contributed by atoms with Crippen molar-refractivity contribution >= 4 is 17.5 Å². The van der Waals surface area contributed by atoms with Crippen molar-refractivity contribution in [3.63, 3.8) is 0 Å². The Bertz CT molecular complexity index is 622. The first-order valence-corrected chi connectivity index (χ1v) is 6.26.